The van der Waals surface area contributed by atoms with Crippen LogP contribution < -0.4 is 5.32 Å². The standard InChI is InChI=1S/C15H21NO/c1-4-10-15(12-8-6-5-7-9-12)11-13(17)16-14(15,2)3/h5-9H,4,10-11H2,1-3H3,(H,16,17). The van der Waals surface area contributed by atoms with Crippen molar-refractivity contribution in [2.24, 2.45) is 0 Å². The van der Waals surface area contributed by atoms with E-state index in [-0.39, 0.29) is 16.9 Å². The maximum absolute atomic E-state index is 11.8. The van der Waals surface area contributed by atoms with E-state index in [2.05, 4.69) is 50.4 Å². The van der Waals surface area contributed by atoms with Gasteiger partial charge in [-0.05, 0) is 25.8 Å². The molecule has 2 nitrogen and oxygen atoms in total. The van der Waals surface area contributed by atoms with E-state index in [1.807, 2.05) is 6.07 Å². The van der Waals surface area contributed by atoms with Crippen LogP contribution in [-0.2, 0) is 10.2 Å². The van der Waals surface area contributed by atoms with Crippen LogP contribution in [-0.4, -0.2) is 11.4 Å². The molecular formula is C15H21NO. The van der Waals surface area contributed by atoms with E-state index in [9.17, 15) is 4.79 Å². The fraction of sp³-hybridized carbons (Fsp3) is 0.533. The van der Waals surface area contributed by atoms with Gasteiger partial charge in [-0.15, -0.1) is 0 Å². The molecule has 1 amide bonds. The van der Waals surface area contributed by atoms with Gasteiger partial charge in [0, 0.05) is 17.4 Å². The molecule has 1 fully saturated rings. The predicted octanol–water partition coefficient (Wildman–Crippen LogP) is 3.02. The van der Waals surface area contributed by atoms with E-state index in [1.54, 1.807) is 0 Å². The van der Waals surface area contributed by atoms with E-state index in [1.165, 1.54) is 5.56 Å². The monoisotopic (exact) mass is 231 g/mol. The molecule has 0 aliphatic carbocycles. The third-order valence-electron chi connectivity index (χ3n) is 4.11. The second kappa shape index (κ2) is 4.17. The van der Waals surface area contributed by atoms with E-state index in [0.29, 0.717) is 6.42 Å². The van der Waals surface area contributed by atoms with E-state index >= 15 is 0 Å². The minimum Gasteiger partial charge on any atom is -0.350 e. The van der Waals surface area contributed by atoms with Crippen LogP contribution in [0.4, 0.5) is 0 Å². The van der Waals surface area contributed by atoms with Crippen molar-refractivity contribution in [1.29, 1.82) is 0 Å². The van der Waals surface area contributed by atoms with Gasteiger partial charge in [0.2, 0.25) is 5.91 Å². The molecule has 0 aromatic heterocycles. The van der Waals surface area contributed by atoms with Crippen LogP contribution in [0.2, 0.25) is 0 Å². The highest BCUT2D eigenvalue weighted by atomic mass is 16.2. The van der Waals surface area contributed by atoms with Gasteiger partial charge in [0.05, 0.1) is 0 Å². The molecule has 1 aliphatic heterocycles. The Hall–Kier alpha value is -1.31. The van der Waals surface area contributed by atoms with Crippen molar-refractivity contribution < 1.29 is 4.79 Å². The van der Waals surface area contributed by atoms with Gasteiger partial charge < -0.3 is 5.32 Å². The van der Waals surface area contributed by atoms with Crippen LogP contribution in [0, 0.1) is 0 Å². The van der Waals surface area contributed by atoms with E-state index in [4.69, 9.17) is 0 Å². The summed E-state index contributed by atoms with van der Waals surface area (Å²) in [6, 6.07) is 10.5. The number of amides is 1. The fourth-order valence-electron chi connectivity index (χ4n) is 3.20. The van der Waals surface area contributed by atoms with Crippen molar-refractivity contribution in [3.8, 4) is 0 Å². The predicted molar refractivity (Wildman–Crippen MR) is 69.9 cm³/mol. The summed E-state index contributed by atoms with van der Waals surface area (Å²) in [5, 5.41) is 3.13. The Labute approximate surface area is 103 Å². The van der Waals surface area contributed by atoms with Gasteiger partial charge in [-0.25, -0.2) is 0 Å². The van der Waals surface area contributed by atoms with Crippen LogP contribution in [0.1, 0.15) is 45.6 Å². The third-order valence-corrected chi connectivity index (χ3v) is 4.11. The Balaban J connectivity index is 2.50. The minimum atomic E-state index is -0.165. The molecule has 2 rings (SSSR count). The summed E-state index contributed by atoms with van der Waals surface area (Å²) in [5.74, 6) is 0.173. The number of hydrogen-bond acceptors (Lipinski definition) is 1. The largest absolute Gasteiger partial charge is 0.350 e. The summed E-state index contributed by atoms with van der Waals surface area (Å²) in [6.45, 7) is 6.46. The molecule has 0 saturated carbocycles. The summed E-state index contributed by atoms with van der Waals surface area (Å²) in [5.41, 5.74) is 1.06. The highest BCUT2D eigenvalue weighted by Crippen LogP contribution is 2.46. The normalized spacial score (nSPS) is 26.9. The van der Waals surface area contributed by atoms with E-state index in [0.717, 1.165) is 12.8 Å². The fourth-order valence-corrected chi connectivity index (χ4v) is 3.20. The zero-order valence-corrected chi connectivity index (χ0v) is 10.9. The first kappa shape index (κ1) is 12.2. The molecule has 1 N–H and O–H groups in total. The lowest BCUT2D eigenvalue weighted by molar-refractivity contribution is -0.119. The molecule has 0 bridgehead atoms. The summed E-state index contributed by atoms with van der Waals surface area (Å²) >= 11 is 0. The summed E-state index contributed by atoms with van der Waals surface area (Å²) in [7, 11) is 0. The van der Waals surface area contributed by atoms with Crippen molar-refractivity contribution in [2.45, 2.75) is 51.0 Å². The average molecular weight is 231 g/mol. The molecule has 2 heteroatoms. The lowest BCUT2D eigenvalue weighted by Crippen LogP contribution is -2.49. The highest BCUT2D eigenvalue weighted by molar-refractivity contribution is 5.82. The van der Waals surface area contributed by atoms with Crippen LogP contribution in [0.3, 0.4) is 0 Å². The van der Waals surface area contributed by atoms with Gasteiger partial charge in [0.1, 0.15) is 0 Å². The van der Waals surface area contributed by atoms with Gasteiger partial charge in [0.25, 0.3) is 0 Å². The van der Waals surface area contributed by atoms with Crippen molar-refractivity contribution in [1.82, 2.24) is 5.32 Å². The van der Waals surface area contributed by atoms with Gasteiger partial charge in [-0.1, -0.05) is 43.7 Å². The van der Waals surface area contributed by atoms with Crippen molar-refractivity contribution >= 4 is 5.91 Å². The van der Waals surface area contributed by atoms with Gasteiger partial charge >= 0.3 is 0 Å². The molecule has 1 saturated heterocycles. The molecular weight excluding hydrogens is 210 g/mol. The van der Waals surface area contributed by atoms with Crippen LogP contribution >= 0.6 is 0 Å². The topological polar surface area (TPSA) is 29.1 Å². The lowest BCUT2D eigenvalue weighted by Gasteiger charge is -2.41. The Morgan fingerprint density at radius 3 is 2.35 bits per heavy atom. The molecule has 1 atom stereocenters. The SMILES string of the molecule is CCCC1(c2ccccc2)CC(=O)NC1(C)C. The Morgan fingerprint density at radius 1 is 1.24 bits per heavy atom. The highest BCUT2D eigenvalue weighted by Gasteiger charge is 2.52. The first-order valence-electron chi connectivity index (χ1n) is 6.38. The Bertz CT molecular complexity index is 410. The van der Waals surface area contributed by atoms with Crippen LogP contribution in [0.25, 0.3) is 0 Å². The second-order valence-corrected chi connectivity index (χ2v) is 5.55. The van der Waals surface area contributed by atoms with Crippen molar-refractivity contribution in [3.63, 3.8) is 0 Å². The van der Waals surface area contributed by atoms with E-state index < -0.39 is 0 Å². The smallest absolute Gasteiger partial charge is 0.221 e. The van der Waals surface area contributed by atoms with Gasteiger partial charge in [-0.2, -0.15) is 0 Å². The average Bonchev–Trinajstić information content (AvgIpc) is 2.51. The summed E-state index contributed by atoms with van der Waals surface area (Å²) < 4.78 is 0. The zero-order valence-electron chi connectivity index (χ0n) is 10.9. The number of carbonyl (C=O) groups excluding carboxylic acids is 1. The first-order valence-corrected chi connectivity index (χ1v) is 6.38. The molecule has 92 valence electrons. The quantitative estimate of drug-likeness (QED) is 0.851. The maximum atomic E-state index is 11.8. The van der Waals surface area contributed by atoms with Crippen molar-refractivity contribution in [2.75, 3.05) is 0 Å². The molecule has 17 heavy (non-hydrogen) atoms. The number of benzene rings is 1. The van der Waals surface area contributed by atoms with Crippen molar-refractivity contribution in [3.05, 3.63) is 35.9 Å². The Kier molecular flexibility index (Phi) is 2.98. The lowest BCUT2D eigenvalue weighted by atomic mass is 9.65. The molecule has 0 spiro atoms. The summed E-state index contributed by atoms with van der Waals surface area (Å²) in [6.07, 6.45) is 2.74. The first-order chi connectivity index (χ1) is 8.02. The van der Waals surface area contributed by atoms with Crippen LogP contribution in [0.5, 0.6) is 0 Å². The maximum Gasteiger partial charge on any atom is 0.221 e. The molecule has 1 aromatic rings. The number of rotatable bonds is 3. The van der Waals surface area contributed by atoms with Gasteiger partial charge in [0.15, 0.2) is 0 Å². The molecule has 1 heterocycles. The van der Waals surface area contributed by atoms with Gasteiger partial charge in [-0.3, -0.25) is 4.79 Å². The number of nitrogens with one attached hydrogen (secondary N) is 1. The number of carbonyl (C=O) groups is 1. The molecule has 1 aliphatic rings. The second-order valence-electron chi connectivity index (χ2n) is 5.55. The molecule has 0 radical (unpaired) electrons. The third kappa shape index (κ3) is 1.86. The molecule has 1 unspecified atom stereocenters. The Morgan fingerprint density at radius 2 is 1.88 bits per heavy atom. The minimum absolute atomic E-state index is 0.0555. The number of hydrogen-bond donors (Lipinski definition) is 1. The summed E-state index contributed by atoms with van der Waals surface area (Å²) in [4.78, 5) is 11.8. The zero-order chi connectivity index (χ0) is 12.5. The van der Waals surface area contributed by atoms with Crippen LogP contribution in [0.15, 0.2) is 30.3 Å². The molecule has 1 aromatic carbocycles.